The van der Waals surface area contributed by atoms with Gasteiger partial charge in [-0.25, -0.2) is 4.79 Å². The van der Waals surface area contributed by atoms with Crippen molar-refractivity contribution >= 4 is 17.3 Å². The van der Waals surface area contributed by atoms with E-state index in [-0.39, 0.29) is 10.4 Å². The van der Waals surface area contributed by atoms with E-state index < -0.39 is 12.1 Å². The molecule has 2 aromatic carbocycles. The van der Waals surface area contributed by atoms with Crippen molar-refractivity contribution < 1.29 is 9.90 Å². The van der Waals surface area contributed by atoms with Crippen LogP contribution in [0.5, 0.6) is 0 Å². The van der Waals surface area contributed by atoms with Crippen molar-refractivity contribution in [2.75, 3.05) is 6.61 Å². The maximum Gasteiger partial charge on any atom is 0.349 e. The number of benzene rings is 2. The Morgan fingerprint density at radius 3 is 1.57 bits per heavy atom. The number of amides is 1. The zero-order valence-corrected chi connectivity index (χ0v) is 12.8. The second-order valence-corrected chi connectivity index (χ2v) is 6.06. The Kier molecular flexibility index (Phi) is 4.26. The van der Waals surface area contributed by atoms with Crippen LogP contribution in [-0.4, -0.2) is 23.2 Å². The minimum Gasteiger partial charge on any atom is -0.382 e. The van der Waals surface area contributed by atoms with E-state index in [1.165, 1.54) is 0 Å². The van der Waals surface area contributed by atoms with Gasteiger partial charge in [0.15, 0.2) is 6.61 Å². The molecular formula is C18H22NO2+. The van der Waals surface area contributed by atoms with Crippen LogP contribution in [-0.2, 0) is 4.79 Å². The van der Waals surface area contributed by atoms with Gasteiger partial charge in [0, 0.05) is 24.3 Å². The maximum atomic E-state index is 12.8. The van der Waals surface area contributed by atoms with E-state index in [2.05, 4.69) is 0 Å². The molecule has 2 aromatic rings. The Balaban J connectivity index is 2.82. The molecule has 0 aliphatic rings. The third kappa shape index (κ3) is 2.50. The Labute approximate surface area is 126 Å². The fraction of sp³-hybridized carbons (Fsp3) is 0.278. The molecule has 0 aromatic heterocycles. The molecule has 0 fully saturated rings. The molecule has 2 rings (SSSR count). The first-order valence-corrected chi connectivity index (χ1v) is 7.09. The summed E-state index contributed by atoms with van der Waals surface area (Å²) in [5, 5.41) is 9.59. The van der Waals surface area contributed by atoms with Crippen LogP contribution in [0.15, 0.2) is 60.7 Å². The van der Waals surface area contributed by atoms with Crippen LogP contribution in [0.2, 0.25) is 0 Å². The Morgan fingerprint density at radius 2 is 1.29 bits per heavy atom. The highest BCUT2D eigenvalue weighted by atomic mass is 16.3. The third-order valence-electron chi connectivity index (χ3n) is 3.80. The predicted molar refractivity (Wildman–Crippen MR) is 86.2 cm³/mol. The average Bonchev–Trinajstić information content (AvgIpc) is 2.48. The van der Waals surface area contributed by atoms with Gasteiger partial charge in [-0.05, 0) is 20.8 Å². The molecule has 0 aliphatic carbocycles. The van der Waals surface area contributed by atoms with Gasteiger partial charge in [-0.1, -0.05) is 36.4 Å². The fourth-order valence-corrected chi connectivity index (χ4v) is 3.00. The summed E-state index contributed by atoms with van der Waals surface area (Å²) in [6, 6.07) is 19.3. The molecule has 0 heterocycles. The summed E-state index contributed by atoms with van der Waals surface area (Å²) in [5.41, 5.74) is 1.29. The lowest BCUT2D eigenvalue weighted by Crippen LogP contribution is -2.62. The van der Waals surface area contributed by atoms with E-state index in [1.807, 2.05) is 81.4 Å². The van der Waals surface area contributed by atoms with E-state index in [1.54, 1.807) is 0 Å². The van der Waals surface area contributed by atoms with E-state index in [0.29, 0.717) is 0 Å². The van der Waals surface area contributed by atoms with Crippen LogP contribution < -0.4 is 4.48 Å². The van der Waals surface area contributed by atoms with Crippen LogP contribution in [0.3, 0.4) is 0 Å². The van der Waals surface area contributed by atoms with Crippen molar-refractivity contribution in [3.05, 3.63) is 60.7 Å². The van der Waals surface area contributed by atoms with Gasteiger partial charge in [-0.3, -0.25) is 0 Å². The average molecular weight is 284 g/mol. The summed E-state index contributed by atoms with van der Waals surface area (Å²) >= 11 is 0. The first-order valence-electron chi connectivity index (χ1n) is 7.09. The van der Waals surface area contributed by atoms with E-state index in [0.717, 1.165) is 11.4 Å². The molecule has 21 heavy (non-hydrogen) atoms. The second-order valence-electron chi connectivity index (χ2n) is 6.06. The van der Waals surface area contributed by atoms with E-state index in [9.17, 15) is 9.90 Å². The summed E-state index contributed by atoms with van der Waals surface area (Å²) < 4.78 is -0.00875. The van der Waals surface area contributed by atoms with Crippen LogP contribution in [0, 0.1) is 0 Å². The number of rotatable bonds is 3. The quantitative estimate of drug-likeness (QED) is 0.874. The third-order valence-corrected chi connectivity index (χ3v) is 3.80. The SMILES string of the molecule is CC(C)(C)[N+](C(=O)CO)(c1ccccc1)c1ccccc1. The number of quaternary nitrogens is 1. The van der Waals surface area contributed by atoms with Crippen LogP contribution >= 0.6 is 0 Å². The number of nitrogens with zero attached hydrogens (tertiary/aromatic N) is 1. The smallest absolute Gasteiger partial charge is 0.349 e. The van der Waals surface area contributed by atoms with E-state index in [4.69, 9.17) is 0 Å². The van der Waals surface area contributed by atoms with Crippen molar-refractivity contribution in [3.63, 3.8) is 0 Å². The Bertz CT molecular complexity index is 561. The minimum atomic E-state index is -0.499. The maximum absolute atomic E-state index is 12.8. The van der Waals surface area contributed by atoms with Crippen molar-refractivity contribution in [1.29, 1.82) is 0 Å². The molecule has 0 spiro atoms. The number of aliphatic hydroxyl groups is 1. The highest BCUT2D eigenvalue weighted by Gasteiger charge is 2.50. The summed E-state index contributed by atoms with van der Waals surface area (Å²) in [5.74, 6) is -0.236. The van der Waals surface area contributed by atoms with Crippen molar-refractivity contribution in [2.24, 2.45) is 0 Å². The Hall–Kier alpha value is -1.97. The van der Waals surface area contributed by atoms with Crippen LogP contribution in [0.25, 0.3) is 0 Å². The molecular weight excluding hydrogens is 262 g/mol. The molecule has 1 N–H and O–H groups in total. The topological polar surface area (TPSA) is 37.3 Å². The predicted octanol–water partition coefficient (Wildman–Crippen LogP) is 3.64. The summed E-state index contributed by atoms with van der Waals surface area (Å²) in [4.78, 5) is 12.8. The summed E-state index contributed by atoms with van der Waals surface area (Å²) in [7, 11) is 0. The molecule has 3 nitrogen and oxygen atoms in total. The lowest BCUT2D eigenvalue weighted by molar-refractivity contribution is -0.133. The molecule has 0 radical (unpaired) electrons. The number of aliphatic hydroxyl groups excluding tert-OH is 1. The van der Waals surface area contributed by atoms with Gasteiger partial charge < -0.3 is 5.11 Å². The van der Waals surface area contributed by atoms with Gasteiger partial charge in [-0.2, -0.15) is 4.48 Å². The number of hydrogen-bond acceptors (Lipinski definition) is 2. The molecule has 0 aliphatic heterocycles. The van der Waals surface area contributed by atoms with Crippen LogP contribution in [0.4, 0.5) is 11.4 Å². The highest BCUT2D eigenvalue weighted by molar-refractivity contribution is 5.96. The largest absolute Gasteiger partial charge is 0.382 e. The molecule has 0 bridgehead atoms. The van der Waals surface area contributed by atoms with Gasteiger partial charge in [-0.15, -0.1) is 0 Å². The summed E-state index contributed by atoms with van der Waals surface area (Å²) in [6.45, 7) is 5.54. The standard InChI is InChI=1S/C18H22NO2/c1-18(2,3)19(17(21)14-20,15-10-6-4-7-11-15)16-12-8-5-9-13-16/h4-13,20H,14H2,1-3H3/q+1. The first kappa shape index (κ1) is 15.4. The first-order chi connectivity index (χ1) is 9.94. The van der Waals surface area contributed by atoms with Gasteiger partial charge in [0.05, 0.1) is 0 Å². The molecule has 110 valence electrons. The zero-order valence-electron chi connectivity index (χ0n) is 12.8. The van der Waals surface area contributed by atoms with Gasteiger partial charge >= 0.3 is 5.91 Å². The molecule has 0 unspecified atom stereocenters. The zero-order chi connectivity index (χ0) is 15.5. The fourth-order valence-electron chi connectivity index (χ4n) is 3.00. The van der Waals surface area contributed by atoms with E-state index >= 15 is 0 Å². The van der Waals surface area contributed by atoms with Crippen molar-refractivity contribution in [2.45, 2.75) is 26.3 Å². The molecule has 0 saturated carbocycles. The van der Waals surface area contributed by atoms with Gasteiger partial charge in [0.1, 0.15) is 16.9 Å². The molecule has 1 amide bonds. The lowest BCUT2D eigenvalue weighted by Gasteiger charge is -2.45. The monoisotopic (exact) mass is 284 g/mol. The number of carbonyl (C=O) groups is 1. The normalized spacial score (nSPS) is 12.2. The van der Waals surface area contributed by atoms with Crippen molar-refractivity contribution in [1.82, 2.24) is 4.48 Å². The second kappa shape index (κ2) is 5.80. The minimum absolute atomic E-state index is 0.00875. The molecule has 3 heteroatoms. The Morgan fingerprint density at radius 1 is 0.905 bits per heavy atom. The molecule has 0 saturated heterocycles. The lowest BCUT2D eigenvalue weighted by atomic mass is 9.96. The number of carbonyl (C=O) groups excluding carboxylic acids is 1. The van der Waals surface area contributed by atoms with Crippen LogP contribution in [0.1, 0.15) is 20.8 Å². The molecule has 0 atom stereocenters. The number of para-hydroxylation sites is 2. The number of hydrogen-bond donors (Lipinski definition) is 1. The van der Waals surface area contributed by atoms with Gasteiger partial charge in [0.2, 0.25) is 0 Å². The highest BCUT2D eigenvalue weighted by Crippen LogP contribution is 2.42. The summed E-state index contributed by atoms with van der Waals surface area (Å²) in [6.07, 6.45) is 0. The van der Waals surface area contributed by atoms with Gasteiger partial charge in [0.25, 0.3) is 0 Å². The van der Waals surface area contributed by atoms with Crippen molar-refractivity contribution in [3.8, 4) is 0 Å².